The van der Waals surface area contributed by atoms with E-state index in [1.807, 2.05) is 0 Å². The third kappa shape index (κ3) is 3.37. The van der Waals surface area contributed by atoms with E-state index in [4.69, 9.17) is 4.74 Å². The van der Waals surface area contributed by atoms with E-state index in [1.165, 1.54) is 6.42 Å². The Labute approximate surface area is 214 Å². The Morgan fingerprint density at radius 3 is 2.05 bits per heavy atom. The van der Waals surface area contributed by atoms with E-state index in [9.17, 15) is 22.8 Å². The maximum Gasteiger partial charge on any atom is 0.467 e. The number of amides is 2. The maximum absolute atomic E-state index is 15.1. The van der Waals surface area contributed by atoms with Crippen molar-refractivity contribution in [1.82, 2.24) is 5.06 Å². The number of hydroxylamine groups is 2. The van der Waals surface area contributed by atoms with Gasteiger partial charge < -0.3 is 4.74 Å². The normalized spacial score (nSPS) is 46.2. The molecule has 7 fully saturated rings. The van der Waals surface area contributed by atoms with E-state index >= 15 is 8.78 Å². The Balaban J connectivity index is 1.06. The summed E-state index contributed by atoms with van der Waals surface area (Å²) < 4.78 is 65.2. The molecular formula is C26H33F2NO7S. The molecule has 6 aliphatic carbocycles. The van der Waals surface area contributed by atoms with Gasteiger partial charge in [-0.3, -0.25) is 9.59 Å². The maximum atomic E-state index is 15.1. The first-order valence-electron chi connectivity index (χ1n) is 14.0. The second kappa shape index (κ2) is 8.19. The molecule has 0 aromatic rings. The Morgan fingerprint density at radius 2 is 1.41 bits per heavy atom. The summed E-state index contributed by atoms with van der Waals surface area (Å²) in [5.41, 5.74) is 0. The molecular weight excluding hydrogens is 508 g/mol. The Kier molecular flexibility index (Phi) is 5.41. The molecule has 1 saturated heterocycles. The van der Waals surface area contributed by atoms with Crippen LogP contribution in [0.4, 0.5) is 8.78 Å². The highest BCUT2D eigenvalue weighted by molar-refractivity contribution is 7.88. The van der Waals surface area contributed by atoms with Gasteiger partial charge in [-0.1, -0.05) is 25.7 Å². The van der Waals surface area contributed by atoms with Crippen LogP contribution in [-0.2, 0) is 33.5 Å². The van der Waals surface area contributed by atoms with E-state index in [2.05, 4.69) is 4.28 Å². The first kappa shape index (κ1) is 24.4. The van der Waals surface area contributed by atoms with Gasteiger partial charge in [0.25, 0.3) is 11.8 Å². The van der Waals surface area contributed by atoms with Gasteiger partial charge in [-0.25, -0.2) is 4.79 Å². The molecule has 11 heteroatoms. The highest BCUT2D eigenvalue weighted by Crippen LogP contribution is 2.68. The predicted octanol–water partition coefficient (Wildman–Crippen LogP) is 3.66. The zero-order valence-corrected chi connectivity index (χ0v) is 21.4. The minimum absolute atomic E-state index is 0.00739. The standard InChI is InChI=1S/C26H33F2NO7S/c27-26(28,25(32)35-19-11-15-10-18(19)22-14-8-7-13(9-14)20(15)22)37(33,34)36-29-23(30)16-5-1-3-12-4-2-6-17(21(12)16)24(29)31/h12-22H,1-11H2. The van der Waals surface area contributed by atoms with Crippen LogP contribution >= 0.6 is 0 Å². The number of alkyl halides is 2. The van der Waals surface area contributed by atoms with E-state index in [0.29, 0.717) is 48.9 Å². The first-order valence-corrected chi connectivity index (χ1v) is 15.4. The van der Waals surface area contributed by atoms with Gasteiger partial charge >= 0.3 is 21.3 Å². The van der Waals surface area contributed by atoms with E-state index in [0.717, 1.165) is 44.9 Å². The van der Waals surface area contributed by atoms with Crippen LogP contribution in [0.5, 0.6) is 0 Å². The molecule has 2 amide bonds. The molecule has 1 heterocycles. The molecule has 0 aromatic heterocycles. The zero-order valence-electron chi connectivity index (χ0n) is 20.6. The average molecular weight is 542 g/mol. The molecule has 9 atom stereocenters. The number of rotatable bonds is 5. The summed E-state index contributed by atoms with van der Waals surface area (Å²) in [6, 6.07) is 0. The molecule has 9 unspecified atom stereocenters. The number of ether oxygens (including phenoxy) is 1. The molecule has 0 aromatic carbocycles. The number of fused-ring (bicyclic) bond motifs is 9. The molecule has 37 heavy (non-hydrogen) atoms. The lowest BCUT2D eigenvalue weighted by molar-refractivity contribution is -0.197. The summed E-state index contributed by atoms with van der Waals surface area (Å²) >= 11 is 0. The molecule has 7 aliphatic rings. The van der Waals surface area contributed by atoms with Gasteiger partial charge in [0.2, 0.25) is 0 Å². The lowest BCUT2D eigenvalue weighted by atomic mass is 9.59. The van der Waals surface area contributed by atoms with Crippen LogP contribution in [0.3, 0.4) is 0 Å². The lowest BCUT2D eigenvalue weighted by Gasteiger charge is -2.49. The second-order valence-electron chi connectivity index (χ2n) is 12.8. The van der Waals surface area contributed by atoms with E-state index in [-0.39, 0.29) is 22.8 Å². The highest BCUT2D eigenvalue weighted by Gasteiger charge is 2.65. The summed E-state index contributed by atoms with van der Waals surface area (Å²) in [6.07, 6.45) is 8.25. The third-order valence-corrected chi connectivity index (χ3v) is 12.5. The highest BCUT2D eigenvalue weighted by atomic mass is 32.2. The topological polar surface area (TPSA) is 107 Å². The minimum atomic E-state index is -5.99. The largest absolute Gasteiger partial charge is 0.467 e. The van der Waals surface area contributed by atoms with Crippen LogP contribution in [0.15, 0.2) is 0 Å². The SMILES string of the molecule is O=C1C2CCCC3CCCC(C(=O)N1OS(=O)(=O)C(F)(F)C(=O)OC1CC4CC1C1C5CCC(C5)C41)C32. The van der Waals surface area contributed by atoms with Gasteiger partial charge in [0.05, 0.1) is 0 Å². The number of hydrogen-bond donors (Lipinski definition) is 0. The van der Waals surface area contributed by atoms with Crippen LogP contribution in [0.25, 0.3) is 0 Å². The van der Waals surface area contributed by atoms with Crippen LogP contribution in [0, 0.1) is 59.2 Å². The average Bonchev–Trinajstić information content (AvgIpc) is 3.65. The van der Waals surface area contributed by atoms with Crippen molar-refractivity contribution >= 4 is 27.9 Å². The molecule has 0 radical (unpaired) electrons. The zero-order chi connectivity index (χ0) is 25.9. The van der Waals surface area contributed by atoms with Crippen molar-refractivity contribution in [2.75, 3.05) is 0 Å². The monoisotopic (exact) mass is 541 g/mol. The molecule has 8 nitrogen and oxygen atoms in total. The summed E-state index contributed by atoms with van der Waals surface area (Å²) in [7, 11) is -5.99. The van der Waals surface area contributed by atoms with Crippen LogP contribution < -0.4 is 0 Å². The number of nitrogens with zero attached hydrogens (tertiary/aromatic N) is 1. The molecule has 6 saturated carbocycles. The van der Waals surface area contributed by atoms with Crippen LogP contribution in [0.2, 0.25) is 0 Å². The van der Waals surface area contributed by atoms with Gasteiger partial charge in [-0.05, 0) is 92.3 Å². The Hall–Kier alpha value is -1.62. The molecule has 7 rings (SSSR count). The quantitative estimate of drug-likeness (QED) is 0.297. The van der Waals surface area contributed by atoms with Crippen molar-refractivity contribution in [2.45, 2.75) is 82.0 Å². The number of carbonyl (C=O) groups is 3. The molecule has 0 N–H and O–H groups in total. The van der Waals surface area contributed by atoms with Gasteiger partial charge in [-0.15, -0.1) is 9.35 Å². The van der Waals surface area contributed by atoms with Gasteiger partial charge in [0.15, 0.2) is 0 Å². The smallest absolute Gasteiger partial charge is 0.457 e. The minimum Gasteiger partial charge on any atom is -0.457 e. The fraction of sp³-hybridized carbons (Fsp3) is 0.885. The van der Waals surface area contributed by atoms with Gasteiger partial charge in [-0.2, -0.15) is 17.2 Å². The summed E-state index contributed by atoms with van der Waals surface area (Å²) in [5, 5.41) is -5.03. The molecule has 4 bridgehead atoms. The van der Waals surface area contributed by atoms with Gasteiger partial charge in [0, 0.05) is 11.8 Å². The second-order valence-corrected chi connectivity index (χ2v) is 14.3. The summed E-state index contributed by atoms with van der Waals surface area (Å²) in [5.74, 6) is -2.80. The van der Waals surface area contributed by atoms with Crippen LogP contribution in [0.1, 0.15) is 70.6 Å². The fourth-order valence-corrected chi connectivity index (χ4v) is 10.9. The summed E-state index contributed by atoms with van der Waals surface area (Å²) in [6.45, 7) is 0. The number of esters is 1. The predicted molar refractivity (Wildman–Crippen MR) is 122 cm³/mol. The van der Waals surface area contributed by atoms with Gasteiger partial charge in [0.1, 0.15) is 6.10 Å². The summed E-state index contributed by atoms with van der Waals surface area (Å²) in [4.78, 5) is 38.7. The fourth-order valence-electron chi connectivity index (χ4n) is 10.2. The van der Waals surface area contributed by atoms with Crippen molar-refractivity contribution < 1.29 is 40.6 Å². The van der Waals surface area contributed by atoms with Crippen molar-refractivity contribution in [2.24, 2.45) is 59.2 Å². The van der Waals surface area contributed by atoms with Crippen molar-refractivity contribution in [3.05, 3.63) is 0 Å². The third-order valence-electron chi connectivity index (χ3n) is 11.3. The van der Waals surface area contributed by atoms with Crippen molar-refractivity contribution in [3.63, 3.8) is 0 Å². The van der Waals surface area contributed by atoms with E-state index < -0.39 is 51.1 Å². The molecule has 0 spiro atoms. The number of piperidine rings is 1. The van der Waals surface area contributed by atoms with E-state index in [1.54, 1.807) is 0 Å². The van der Waals surface area contributed by atoms with Crippen molar-refractivity contribution in [3.8, 4) is 0 Å². The first-order chi connectivity index (χ1) is 17.6. The molecule has 204 valence electrons. The van der Waals surface area contributed by atoms with Crippen molar-refractivity contribution in [1.29, 1.82) is 0 Å². The van der Waals surface area contributed by atoms with Crippen LogP contribution in [-0.4, -0.2) is 42.6 Å². The number of halogens is 2. The number of hydrogen-bond acceptors (Lipinski definition) is 7. The number of carbonyl (C=O) groups excluding carboxylic acids is 3. The number of imide groups is 1. The Morgan fingerprint density at radius 1 is 0.784 bits per heavy atom. The lowest BCUT2D eigenvalue weighted by Crippen LogP contribution is -2.59. The molecule has 1 aliphatic heterocycles. The Bertz CT molecular complexity index is 1110.